The maximum absolute atomic E-state index is 13.6. The van der Waals surface area contributed by atoms with E-state index in [1.165, 1.54) is 57.8 Å². The van der Waals surface area contributed by atoms with Crippen LogP contribution >= 0.6 is 0 Å². The minimum absolute atomic E-state index is 0.0189. The molecular weight excluding hydrogens is 1420 g/mol. The smallest absolute Gasteiger partial charge is 0.305 e. The molecule has 4 atom stereocenters. The van der Waals surface area contributed by atoms with Crippen LogP contribution in [0.25, 0.3) is 0 Å². The molecule has 6 aromatic carbocycles. The van der Waals surface area contributed by atoms with Gasteiger partial charge in [-0.2, -0.15) is 0 Å². The molecule has 4 saturated heterocycles. The van der Waals surface area contributed by atoms with Gasteiger partial charge in [-0.1, -0.05) is 46.6 Å². The lowest BCUT2D eigenvalue weighted by Crippen LogP contribution is -2.35. The monoisotopic (exact) mass is 1510 g/mol. The van der Waals surface area contributed by atoms with Gasteiger partial charge in [-0.25, -0.2) is 0 Å². The van der Waals surface area contributed by atoms with Crippen molar-refractivity contribution in [2.24, 2.45) is 20.0 Å². The summed E-state index contributed by atoms with van der Waals surface area (Å²) < 4.78 is 64.8. The second kappa shape index (κ2) is 34.6. The van der Waals surface area contributed by atoms with Crippen molar-refractivity contribution < 1.29 is 86.0 Å². The highest BCUT2D eigenvalue weighted by atomic mass is 16.5. The molecule has 0 bridgehead atoms. The van der Waals surface area contributed by atoms with Gasteiger partial charge in [-0.15, -0.1) is 0 Å². The highest BCUT2D eigenvalue weighted by Crippen LogP contribution is 2.45. The largest absolute Gasteiger partial charge is 0.494 e. The minimum atomic E-state index is -0.896. The Balaban J connectivity index is 0.000000195. The standard InChI is InChI=1S/C43H46N4O9.C42H44N4O9/c1-6-26-12-30-20-44-35-18-39(37(51-3)16-33(35)42(49)46(30)22-26)55-24-28-11-29(15-32(14-28)54-10-8-9-41(48)53-5)25-56-40-19-36-34(17-38(40)52-4)43(50)47-23-27(7-2)13-31(47)21-45-36;1-5-25-11-29-19-43-34-17-38(36(51-3)15-32(34)41(49)45(29)21-25)54-23-27-10-28(14-31(13-27)53-9-7-8-40(47)48)24-55-39-18-35-33(16-37(39)52-4)42(50)46-22-26(6-2)12-30(46)20-44-35/h6-7,11,14-21,30-31H,8-10,12-13,22-25H2,1-5H3;5-6,10,13-20,29-30H,7-9,11-12,21-24H2,1-4H3,(H,47,48)/b26-6+,27-7+;25-5+,26-6+/t30-,31-;29-,30-/m00/s1. The second-order valence-electron chi connectivity index (χ2n) is 27.8. The van der Waals surface area contributed by atoms with Crippen molar-refractivity contribution in [1.82, 2.24) is 19.6 Å². The molecule has 26 nitrogen and oxygen atoms in total. The first kappa shape index (κ1) is 77.0. The lowest BCUT2D eigenvalue weighted by Gasteiger charge is -2.20. The van der Waals surface area contributed by atoms with Gasteiger partial charge in [0, 0.05) is 88.1 Å². The summed E-state index contributed by atoms with van der Waals surface area (Å²) in [5, 5.41) is 9.10. The number of esters is 1. The van der Waals surface area contributed by atoms with Crippen LogP contribution in [0, 0.1) is 0 Å². The van der Waals surface area contributed by atoms with Crippen LogP contribution in [-0.4, -0.2) is 184 Å². The number of allylic oxidation sites excluding steroid dienone is 4. The van der Waals surface area contributed by atoms with Crippen LogP contribution in [0.15, 0.2) is 151 Å². The molecule has 0 spiro atoms. The average Bonchev–Trinajstić information content (AvgIpc) is 1.66. The summed E-state index contributed by atoms with van der Waals surface area (Å²) in [6.45, 7) is 11.2. The lowest BCUT2D eigenvalue weighted by atomic mass is 10.1. The summed E-state index contributed by atoms with van der Waals surface area (Å²) in [6.07, 6.45) is 19.6. The van der Waals surface area contributed by atoms with Crippen LogP contribution < -0.4 is 47.4 Å². The number of amides is 4. The number of methoxy groups -OCH3 is 5. The number of ether oxygens (including phenoxy) is 11. The van der Waals surface area contributed by atoms with Gasteiger partial charge in [0.1, 0.15) is 37.9 Å². The first-order valence-corrected chi connectivity index (χ1v) is 37.0. The number of carbonyl (C=O) groups is 6. The summed E-state index contributed by atoms with van der Waals surface area (Å²) in [6, 6.07) is 24.5. The predicted octanol–water partition coefficient (Wildman–Crippen LogP) is 13.8. The van der Waals surface area contributed by atoms with Gasteiger partial charge in [0.05, 0.1) is 118 Å². The van der Waals surface area contributed by atoms with E-state index in [0.29, 0.717) is 142 Å². The van der Waals surface area contributed by atoms with Crippen molar-refractivity contribution >= 4 is 83.2 Å². The molecular formula is C85H90N8O18. The van der Waals surface area contributed by atoms with E-state index in [-0.39, 0.29) is 106 Å². The average molecular weight is 1510 g/mol. The number of carbonyl (C=O) groups excluding carboxylic acids is 5. The number of aliphatic carboxylic acids is 1. The Morgan fingerprint density at radius 2 is 0.649 bits per heavy atom. The molecule has 1 N–H and O–H groups in total. The molecule has 8 aliphatic heterocycles. The lowest BCUT2D eigenvalue weighted by molar-refractivity contribution is -0.141. The molecule has 4 fully saturated rings. The van der Waals surface area contributed by atoms with Gasteiger partial charge >= 0.3 is 11.9 Å². The molecule has 4 amide bonds. The molecule has 0 unspecified atom stereocenters. The Morgan fingerprint density at radius 1 is 0.378 bits per heavy atom. The fourth-order valence-corrected chi connectivity index (χ4v) is 14.6. The Kier molecular flexibility index (Phi) is 24.0. The number of carboxylic acids is 1. The zero-order valence-electron chi connectivity index (χ0n) is 63.7. The molecule has 26 heteroatoms. The van der Waals surface area contributed by atoms with Crippen molar-refractivity contribution in [2.45, 2.75) is 130 Å². The number of hydrogen-bond acceptors (Lipinski definition) is 21. The zero-order valence-corrected chi connectivity index (χ0v) is 63.7. The molecule has 0 saturated carbocycles. The fourth-order valence-electron chi connectivity index (χ4n) is 14.6. The van der Waals surface area contributed by atoms with Gasteiger partial charge in [0.2, 0.25) is 0 Å². The summed E-state index contributed by atoms with van der Waals surface area (Å²) in [5.41, 5.74) is 11.7. The van der Waals surface area contributed by atoms with E-state index in [1.807, 2.05) is 121 Å². The topological polar surface area (TPSA) is 287 Å². The van der Waals surface area contributed by atoms with Crippen molar-refractivity contribution in [3.05, 3.63) is 176 Å². The van der Waals surface area contributed by atoms with Gasteiger partial charge < -0.3 is 76.8 Å². The van der Waals surface area contributed by atoms with Crippen molar-refractivity contribution in [2.75, 3.05) is 74.9 Å². The number of aliphatic imine (C=N–C) groups is 4. The fraction of sp³-hybridized carbons (Fsp3) is 0.365. The van der Waals surface area contributed by atoms with E-state index in [0.717, 1.165) is 47.9 Å². The number of nitrogens with zero attached hydrogens (tertiary/aromatic N) is 8. The van der Waals surface area contributed by atoms with E-state index in [9.17, 15) is 28.8 Å². The summed E-state index contributed by atoms with van der Waals surface area (Å²) >= 11 is 0. The van der Waals surface area contributed by atoms with Gasteiger partial charge in [0.25, 0.3) is 23.6 Å². The molecule has 8 heterocycles. The van der Waals surface area contributed by atoms with Crippen molar-refractivity contribution in [1.29, 1.82) is 0 Å². The number of hydrogen-bond donors (Lipinski definition) is 1. The van der Waals surface area contributed by atoms with E-state index >= 15 is 0 Å². The molecule has 0 aliphatic carbocycles. The van der Waals surface area contributed by atoms with Crippen LogP contribution in [0.3, 0.4) is 0 Å². The molecule has 0 aromatic heterocycles. The van der Waals surface area contributed by atoms with E-state index in [1.54, 1.807) is 48.5 Å². The van der Waals surface area contributed by atoms with Gasteiger partial charge in [-0.3, -0.25) is 48.7 Å². The van der Waals surface area contributed by atoms with E-state index in [2.05, 4.69) is 22.1 Å². The Hall–Kier alpha value is -12.2. The first-order chi connectivity index (χ1) is 53.9. The van der Waals surface area contributed by atoms with Crippen molar-refractivity contribution in [3.63, 3.8) is 0 Å². The highest BCUT2D eigenvalue weighted by Gasteiger charge is 2.39. The first-order valence-electron chi connectivity index (χ1n) is 37.0. The molecule has 0 radical (unpaired) electrons. The Labute approximate surface area is 643 Å². The maximum atomic E-state index is 13.6. The van der Waals surface area contributed by atoms with Crippen LogP contribution in [0.2, 0.25) is 0 Å². The van der Waals surface area contributed by atoms with Crippen LogP contribution in [0.5, 0.6) is 57.5 Å². The summed E-state index contributed by atoms with van der Waals surface area (Å²) in [7, 11) is 7.48. The summed E-state index contributed by atoms with van der Waals surface area (Å²) in [4.78, 5) is 103. The second-order valence-corrected chi connectivity index (χ2v) is 27.8. The third-order valence-electron chi connectivity index (χ3n) is 20.7. The third-order valence-corrected chi connectivity index (χ3v) is 20.7. The van der Waals surface area contributed by atoms with Gasteiger partial charge in [0.15, 0.2) is 46.0 Å². The Bertz CT molecular complexity index is 4630. The number of benzene rings is 6. The van der Waals surface area contributed by atoms with Crippen molar-refractivity contribution in [3.8, 4) is 57.5 Å². The predicted molar refractivity (Wildman–Crippen MR) is 417 cm³/mol. The number of fused-ring (bicyclic) bond motifs is 8. The number of carboxylic acid groups (broad SMARTS) is 1. The Morgan fingerprint density at radius 3 is 0.892 bits per heavy atom. The normalized spacial score (nSPS) is 19.7. The third kappa shape index (κ3) is 17.3. The molecule has 111 heavy (non-hydrogen) atoms. The molecule has 578 valence electrons. The van der Waals surface area contributed by atoms with E-state index < -0.39 is 5.97 Å². The maximum Gasteiger partial charge on any atom is 0.305 e. The van der Waals surface area contributed by atoms with Crippen LogP contribution in [0.4, 0.5) is 22.7 Å². The summed E-state index contributed by atoms with van der Waals surface area (Å²) in [5.74, 6) is 2.78. The van der Waals surface area contributed by atoms with Gasteiger partial charge in [-0.05, 0) is 149 Å². The minimum Gasteiger partial charge on any atom is -0.494 e. The number of rotatable bonds is 26. The molecule has 14 rings (SSSR count). The quantitative estimate of drug-likeness (QED) is 0.0300. The molecule has 8 aliphatic rings. The highest BCUT2D eigenvalue weighted by molar-refractivity contribution is 6.07. The van der Waals surface area contributed by atoms with Crippen LogP contribution in [-0.2, 0) is 40.8 Å². The zero-order chi connectivity index (χ0) is 78.0. The molecule has 6 aromatic rings. The van der Waals surface area contributed by atoms with E-state index in [4.69, 9.17) is 67.2 Å². The SMILES string of the molecule is C/C=C1\C[C@H]2C=Nc3cc(OCc4cc(COc5cc6c(cc5OC)C(=O)N5C/C(=C/C)C[C@H]5C=N6)cc(OCCCC(=O)O)c4)c(OC)cc3C(=O)N2C1.C/C=C1\C[C@H]2C=Nc3cc(OCc4cc(COc5cc6c(cc5OC)C(=O)N5C/C(=C/C)C[C@H]5C=N6)cc(OCCCC(=O)OC)c4)c(OC)cc3C(=O)N2C1. The van der Waals surface area contributed by atoms with Crippen LogP contribution in [0.1, 0.15) is 143 Å².